The highest BCUT2D eigenvalue weighted by Crippen LogP contribution is 2.30. The van der Waals surface area contributed by atoms with E-state index >= 15 is 0 Å². The molecule has 0 spiro atoms. The van der Waals surface area contributed by atoms with Crippen molar-refractivity contribution in [2.75, 3.05) is 17.3 Å². The van der Waals surface area contributed by atoms with E-state index in [1.54, 1.807) is 73.8 Å². The first-order valence-corrected chi connectivity index (χ1v) is 13.1. The number of halogens is 4. The van der Waals surface area contributed by atoms with Crippen LogP contribution in [0.2, 0.25) is 0 Å². The van der Waals surface area contributed by atoms with Gasteiger partial charge in [0.15, 0.2) is 0 Å². The Labute approximate surface area is 244 Å². The van der Waals surface area contributed by atoms with Gasteiger partial charge in [0.25, 0.3) is 17.8 Å². The van der Waals surface area contributed by atoms with Crippen molar-refractivity contribution in [1.82, 2.24) is 10.3 Å². The maximum absolute atomic E-state index is 14.2. The van der Waals surface area contributed by atoms with Crippen molar-refractivity contribution >= 4 is 28.9 Å². The highest BCUT2D eigenvalue weighted by molar-refractivity contribution is 6.20. The van der Waals surface area contributed by atoms with Crippen LogP contribution in [0.25, 0.3) is 0 Å². The molecule has 5 rings (SSSR count). The molecule has 43 heavy (non-hydrogen) atoms. The summed E-state index contributed by atoms with van der Waals surface area (Å²) in [6, 6.07) is 21.8. The van der Waals surface area contributed by atoms with Crippen LogP contribution in [-0.4, -0.2) is 41.8 Å². The summed E-state index contributed by atoms with van der Waals surface area (Å²) < 4.78 is 60.9. The standard InChI is InChI=1S/C31H25F4N5O3/c1-17(36-26-23(32)27(34)38-28(35)24(26)33)30(41)39-29-31(42)40(16-18-12-14-20(43-2)15-13-18)22-11-7-6-10-21(22)25(37-29)19-8-4-3-5-9-19/h3-15,17,29H,16H2,1-2H3,(H,36,38)(H,39,41)/t17-,29+/m0/s1. The topological polar surface area (TPSA) is 95.9 Å². The minimum Gasteiger partial charge on any atom is -0.497 e. The van der Waals surface area contributed by atoms with Crippen LogP contribution in [0.1, 0.15) is 23.6 Å². The lowest BCUT2D eigenvalue weighted by molar-refractivity contribution is -0.127. The van der Waals surface area contributed by atoms with Gasteiger partial charge in [-0.25, -0.2) is 4.99 Å². The summed E-state index contributed by atoms with van der Waals surface area (Å²) in [6.45, 7) is 1.32. The number of hydrogen-bond acceptors (Lipinski definition) is 6. The number of methoxy groups -OCH3 is 1. The van der Waals surface area contributed by atoms with E-state index in [0.29, 0.717) is 28.3 Å². The van der Waals surface area contributed by atoms with E-state index in [1.165, 1.54) is 11.8 Å². The second-order valence-corrected chi connectivity index (χ2v) is 9.61. The predicted octanol–water partition coefficient (Wildman–Crippen LogP) is 4.97. The number of rotatable bonds is 8. The third-order valence-electron chi connectivity index (χ3n) is 6.79. The van der Waals surface area contributed by atoms with Crippen molar-refractivity contribution in [1.29, 1.82) is 0 Å². The quantitative estimate of drug-likeness (QED) is 0.223. The molecule has 0 unspecified atom stereocenters. The second-order valence-electron chi connectivity index (χ2n) is 9.61. The van der Waals surface area contributed by atoms with Gasteiger partial charge in [-0.3, -0.25) is 9.59 Å². The second kappa shape index (κ2) is 12.3. The first kappa shape index (κ1) is 29.2. The molecule has 0 aliphatic carbocycles. The summed E-state index contributed by atoms with van der Waals surface area (Å²) in [5, 5.41) is 4.65. The summed E-state index contributed by atoms with van der Waals surface area (Å²) in [5.41, 5.74) is 1.82. The number of carbonyl (C=O) groups excluding carboxylic acids is 2. The van der Waals surface area contributed by atoms with Gasteiger partial charge in [0.1, 0.15) is 17.5 Å². The van der Waals surface area contributed by atoms with E-state index in [9.17, 15) is 27.2 Å². The number of ether oxygens (including phenoxy) is 1. The number of amides is 2. The number of nitrogens with one attached hydrogen (secondary N) is 2. The molecule has 2 heterocycles. The van der Waals surface area contributed by atoms with Crippen molar-refractivity contribution in [3.63, 3.8) is 0 Å². The van der Waals surface area contributed by atoms with Gasteiger partial charge in [-0.2, -0.15) is 22.5 Å². The van der Waals surface area contributed by atoms with Crippen molar-refractivity contribution < 1.29 is 31.9 Å². The van der Waals surface area contributed by atoms with Gasteiger partial charge in [0, 0.05) is 11.1 Å². The minimum atomic E-state index is -1.88. The Kier molecular flexibility index (Phi) is 8.37. The molecule has 8 nitrogen and oxygen atoms in total. The third kappa shape index (κ3) is 6.03. The number of benzene rings is 3. The van der Waals surface area contributed by atoms with E-state index in [0.717, 1.165) is 5.56 Å². The minimum absolute atomic E-state index is 0.115. The van der Waals surface area contributed by atoms with Crippen molar-refractivity contribution in [2.45, 2.75) is 25.7 Å². The van der Waals surface area contributed by atoms with E-state index in [-0.39, 0.29) is 6.54 Å². The van der Waals surface area contributed by atoms with Crippen LogP contribution in [-0.2, 0) is 16.1 Å². The molecule has 1 aliphatic heterocycles. The molecule has 0 saturated carbocycles. The maximum Gasteiger partial charge on any atom is 0.272 e. The van der Waals surface area contributed by atoms with Crippen LogP contribution in [0, 0.1) is 23.5 Å². The van der Waals surface area contributed by atoms with Gasteiger partial charge in [0.05, 0.1) is 25.1 Å². The Morgan fingerprint density at radius 2 is 1.56 bits per heavy atom. The molecule has 1 aromatic heterocycles. The van der Waals surface area contributed by atoms with Gasteiger partial charge in [0.2, 0.25) is 23.7 Å². The molecule has 4 aromatic rings. The average Bonchev–Trinajstić information content (AvgIpc) is 3.13. The summed E-state index contributed by atoms with van der Waals surface area (Å²) in [7, 11) is 1.54. The molecule has 0 bridgehead atoms. The number of aliphatic imine (C=N–C) groups is 1. The highest BCUT2D eigenvalue weighted by Gasteiger charge is 2.34. The number of benzodiazepines with no additional fused rings is 1. The van der Waals surface area contributed by atoms with E-state index < -0.39 is 53.2 Å². The number of para-hydroxylation sites is 1. The molecule has 12 heteroatoms. The monoisotopic (exact) mass is 591 g/mol. The molecular weight excluding hydrogens is 566 g/mol. The van der Waals surface area contributed by atoms with Crippen LogP contribution in [0.15, 0.2) is 83.9 Å². The van der Waals surface area contributed by atoms with Gasteiger partial charge in [-0.15, -0.1) is 0 Å². The van der Waals surface area contributed by atoms with Crippen LogP contribution >= 0.6 is 0 Å². The Bertz CT molecular complexity index is 1670. The zero-order valence-electron chi connectivity index (χ0n) is 22.9. The largest absolute Gasteiger partial charge is 0.497 e. The van der Waals surface area contributed by atoms with Crippen molar-refractivity contribution in [3.8, 4) is 5.75 Å². The molecule has 1 aliphatic rings. The normalized spacial score (nSPS) is 15.2. The first-order valence-electron chi connectivity index (χ1n) is 13.1. The lowest BCUT2D eigenvalue weighted by Crippen LogP contribution is -2.50. The number of fused-ring (bicyclic) bond motifs is 1. The van der Waals surface area contributed by atoms with E-state index in [4.69, 9.17) is 4.74 Å². The van der Waals surface area contributed by atoms with Gasteiger partial charge in [-0.05, 0) is 30.7 Å². The number of anilines is 2. The zero-order chi connectivity index (χ0) is 30.7. The van der Waals surface area contributed by atoms with E-state index in [1.807, 2.05) is 12.1 Å². The summed E-state index contributed by atoms with van der Waals surface area (Å²) >= 11 is 0. The SMILES string of the molecule is COc1ccc(CN2C(=O)[C@@H](NC(=O)[C@H](C)Nc3c(F)c(F)nc(F)c3F)N=C(c3ccccc3)c3ccccc32)cc1. The average molecular weight is 592 g/mol. The first-order chi connectivity index (χ1) is 20.7. The van der Waals surface area contributed by atoms with Crippen LogP contribution in [0.4, 0.5) is 28.9 Å². The number of aromatic nitrogens is 1. The summed E-state index contributed by atoms with van der Waals surface area (Å²) in [5.74, 6) is -8.22. The number of hydrogen-bond donors (Lipinski definition) is 2. The molecule has 2 atom stereocenters. The molecular formula is C31H25F4N5O3. The predicted molar refractivity (Wildman–Crippen MR) is 152 cm³/mol. The van der Waals surface area contributed by atoms with Crippen molar-refractivity contribution in [2.24, 2.45) is 4.99 Å². The summed E-state index contributed by atoms with van der Waals surface area (Å²) in [4.78, 5) is 35.9. The molecule has 220 valence electrons. The Hall–Kier alpha value is -5.26. The lowest BCUT2D eigenvalue weighted by atomic mass is 10.00. The van der Waals surface area contributed by atoms with Crippen LogP contribution < -0.4 is 20.3 Å². The fraction of sp³-hybridized carbons (Fsp3) is 0.161. The summed E-state index contributed by atoms with van der Waals surface area (Å²) in [6.07, 6.45) is -1.47. The van der Waals surface area contributed by atoms with Gasteiger partial charge in [-0.1, -0.05) is 60.7 Å². The fourth-order valence-electron chi connectivity index (χ4n) is 4.58. The van der Waals surface area contributed by atoms with Gasteiger partial charge < -0.3 is 20.3 Å². The highest BCUT2D eigenvalue weighted by atomic mass is 19.2. The Morgan fingerprint density at radius 1 is 0.930 bits per heavy atom. The lowest BCUT2D eigenvalue weighted by Gasteiger charge is -2.26. The molecule has 3 aromatic carbocycles. The smallest absolute Gasteiger partial charge is 0.272 e. The molecule has 0 fully saturated rings. The number of carbonyl (C=O) groups is 2. The van der Waals surface area contributed by atoms with Gasteiger partial charge >= 0.3 is 0 Å². The molecule has 2 amide bonds. The van der Waals surface area contributed by atoms with Crippen LogP contribution in [0.3, 0.4) is 0 Å². The Balaban J connectivity index is 1.51. The molecule has 0 saturated heterocycles. The van der Waals surface area contributed by atoms with Crippen LogP contribution in [0.5, 0.6) is 5.75 Å². The Morgan fingerprint density at radius 3 is 2.21 bits per heavy atom. The zero-order valence-corrected chi connectivity index (χ0v) is 22.9. The number of pyridine rings is 1. The van der Waals surface area contributed by atoms with Crippen molar-refractivity contribution in [3.05, 3.63) is 119 Å². The molecule has 0 radical (unpaired) electrons. The molecule has 2 N–H and O–H groups in total. The third-order valence-corrected chi connectivity index (χ3v) is 6.79. The fourth-order valence-corrected chi connectivity index (χ4v) is 4.58. The maximum atomic E-state index is 14.2. The number of nitrogens with zero attached hydrogens (tertiary/aromatic N) is 3. The van der Waals surface area contributed by atoms with E-state index in [2.05, 4.69) is 20.6 Å².